The average Bonchev–Trinajstić information content (AvgIpc) is 2.20. The van der Waals surface area contributed by atoms with Gasteiger partial charge >= 0.3 is 5.97 Å². The minimum absolute atomic E-state index is 0.0474. The third kappa shape index (κ3) is 3.78. The highest BCUT2D eigenvalue weighted by atomic mass is 16.4. The molecule has 0 aliphatic carbocycles. The third-order valence-corrected chi connectivity index (χ3v) is 1.74. The number of hydrogen-bond donors (Lipinski definition) is 3. The first-order valence-electron chi connectivity index (χ1n) is 4.33. The second kappa shape index (κ2) is 5.11. The zero-order chi connectivity index (χ0) is 11.3. The van der Waals surface area contributed by atoms with Gasteiger partial charge in [0, 0.05) is 5.69 Å². The van der Waals surface area contributed by atoms with Gasteiger partial charge in [-0.1, -0.05) is 12.1 Å². The van der Waals surface area contributed by atoms with E-state index in [0.717, 1.165) is 0 Å². The lowest BCUT2D eigenvalue weighted by molar-refractivity contribution is -0.136. The molecule has 1 aromatic carbocycles. The first-order valence-corrected chi connectivity index (χ1v) is 4.33. The van der Waals surface area contributed by atoms with Crippen LogP contribution in [0.5, 0.6) is 0 Å². The third-order valence-electron chi connectivity index (χ3n) is 1.74. The zero-order valence-electron chi connectivity index (χ0n) is 7.93. The lowest BCUT2D eigenvalue weighted by Crippen LogP contribution is -2.15. The minimum atomic E-state index is -0.901. The predicted octanol–water partition coefficient (Wildman–Crippen LogP) is 0.245. The minimum Gasteiger partial charge on any atom is -0.481 e. The van der Waals surface area contributed by atoms with Gasteiger partial charge in [0.05, 0.1) is 6.42 Å². The molecule has 1 aromatic rings. The maximum absolute atomic E-state index is 10.8. The van der Waals surface area contributed by atoms with Crippen molar-refractivity contribution >= 4 is 17.6 Å². The molecule has 5 heteroatoms. The summed E-state index contributed by atoms with van der Waals surface area (Å²) in [7, 11) is 0. The van der Waals surface area contributed by atoms with E-state index in [1.165, 1.54) is 0 Å². The van der Waals surface area contributed by atoms with Gasteiger partial charge in [0.2, 0.25) is 5.91 Å². The largest absolute Gasteiger partial charge is 0.481 e. The van der Waals surface area contributed by atoms with Gasteiger partial charge in [0.1, 0.15) is 6.61 Å². The SMILES string of the molecule is O=C(O)Cc1ccc(NC(=O)CO)cc1. The molecule has 0 spiro atoms. The number of carbonyl (C=O) groups is 2. The molecule has 0 bridgehead atoms. The Balaban J connectivity index is 2.64. The molecule has 0 saturated carbocycles. The molecule has 5 nitrogen and oxygen atoms in total. The highest BCUT2D eigenvalue weighted by Gasteiger charge is 2.02. The van der Waals surface area contributed by atoms with Gasteiger partial charge in [-0.2, -0.15) is 0 Å². The van der Waals surface area contributed by atoms with Crippen LogP contribution in [0.2, 0.25) is 0 Å². The van der Waals surface area contributed by atoms with Crippen LogP contribution in [0.1, 0.15) is 5.56 Å². The fourth-order valence-corrected chi connectivity index (χ4v) is 1.08. The molecule has 1 rings (SSSR count). The lowest BCUT2D eigenvalue weighted by Gasteiger charge is -2.03. The van der Waals surface area contributed by atoms with Crippen molar-refractivity contribution in [2.45, 2.75) is 6.42 Å². The van der Waals surface area contributed by atoms with Crippen LogP contribution < -0.4 is 5.32 Å². The van der Waals surface area contributed by atoms with Crippen molar-refractivity contribution < 1.29 is 19.8 Å². The van der Waals surface area contributed by atoms with Crippen molar-refractivity contribution in [3.8, 4) is 0 Å². The van der Waals surface area contributed by atoms with Gasteiger partial charge in [-0.05, 0) is 17.7 Å². The van der Waals surface area contributed by atoms with E-state index in [4.69, 9.17) is 10.2 Å². The molecular formula is C10H11NO4. The fraction of sp³-hybridized carbons (Fsp3) is 0.200. The molecule has 0 aromatic heterocycles. The van der Waals surface area contributed by atoms with Crippen LogP contribution in [0.4, 0.5) is 5.69 Å². The average molecular weight is 209 g/mol. The van der Waals surface area contributed by atoms with Crippen molar-refractivity contribution in [3.05, 3.63) is 29.8 Å². The molecular weight excluding hydrogens is 198 g/mol. The zero-order valence-corrected chi connectivity index (χ0v) is 7.93. The number of aliphatic hydroxyl groups is 1. The fourth-order valence-electron chi connectivity index (χ4n) is 1.08. The molecule has 0 atom stereocenters. The Morgan fingerprint density at radius 2 is 1.80 bits per heavy atom. The summed E-state index contributed by atoms with van der Waals surface area (Å²) in [6, 6.07) is 6.40. The van der Waals surface area contributed by atoms with Gasteiger partial charge in [0.15, 0.2) is 0 Å². The maximum atomic E-state index is 10.8. The summed E-state index contributed by atoms with van der Waals surface area (Å²) in [4.78, 5) is 21.2. The van der Waals surface area contributed by atoms with Crippen LogP contribution in [-0.2, 0) is 16.0 Å². The Labute approximate surface area is 86.4 Å². The van der Waals surface area contributed by atoms with Crippen LogP contribution in [0, 0.1) is 0 Å². The Bertz CT molecular complexity index is 358. The summed E-state index contributed by atoms with van der Waals surface area (Å²) >= 11 is 0. The van der Waals surface area contributed by atoms with Crippen LogP contribution in [-0.4, -0.2) is 28.7 Å². The number of hydrogen-bond acceptors (Lipinski definition) is 3. The van der Waals surface area contributed by atoms with Gasteiger partial charge < -0.3 is 15.5 Å². The number of carboxylic acids is 1. The summed E-state index contributed by atoms with van der Waals surface area (Å²) in [6.45, 7) is -0.573. The standard InChI is InChI=1S/C10H11NO4/c12-6-9(13)11-8-3-1-7(2-4-8)5-10(14)15/h1-4,12H,5-6H2,(H,11,13)(H,14,15). The number of rotatable bonds is 4. The van der Waals surface area contributed by atoms with E-state index >= 15 is 0 Å². The molecule has 80 valence electrons. The molecule has 3 N–H and O–H groups in total. The van der Waals surface area contributed by atoms with Crippen LogP contribution >= 0.6 is 0 Å². The highest BCUT2D eigenvalue weighted by molar-refractivity contribution is 5.91. The van der Waals surface area contributed by atoms with Crippen molar-refractivity contribution in [2.24, 2.45) is 0 Å². The number of amides is 1. The summed E-state index contributed by atoms with van der Waals surface area (Å²) in [5, 5.41) is 19.4. The van der Waals surface area contributed by atoms with Gasteiger partial charge in [-0.3, -0.25) is 9.59 Å². The number of carbonyl (C=O) groups excluding carboxylic acids is 1. The summed E-state index contributed by atoms with van der Waals surface area (Å²) in [6.07, 6.45) is -0.0474. The first kappa shape index (κ1) is 11.2. The van der Waals surface area contributed by atoms with Gasteiger partial charge in [-0.25, -0.2) is 0 Å². The molecule has 15 heavy (non-hydrogen) atoms. The molecule has 0 unspecified atom stereocenters. The second-order valence-electron chi connectivity index (χ2n) is 2.97. The number of carboxylic acid groups (broad SMARTS) is 1. The predicted molar refractivity (Wildman–Crippen MR) is 53.5 cm³/mol. The molecule has 1 amide bonds. The molecule has 0 saturated heterocycles. The number of nitrogens with one attached hydrogen (secondary N) is 1. The van der Waals surface area contributed by atoms with Crippen molar-refractivity contribution in [2.75, 3.05) is 11.9 Å². The van der Waals surface area contributed by atoms with Crippen molar-refractivity contribution in [3.63, 3.8) is 0 Å². The molecule has 0 fully saturated rings. The van der Waals surface area contributed by atoms with E-state index in [1.54, 1.807) is 24.3 Å². The van der Waals surface area contributed by atoms with Gasteiger partial charge in [-0.15, -0.1) is 0 Å². The van der Waals surface area contributed by atoms with E-state index in [0.29, 0.717) is 11.3 Å². The Morgan fingerprint density at radius 3 is 2.27 bits per heavy atom. The number of anilines is 1. The van der Waals surface area contributed by atoms with E-state index in [2.05, 4.69) is 5.32 Å². The highest BCUT2D eigenvalue weighted by Crippen LogP contribution is 2.09. The number of benzene rings is 1. The Morgan fingerprint density at radius 1 is 1.20 bits per heavy atom. The van der Waals surface area contributed by atoms with Crippen LogP contribution in [0.3, 0.4) is 0 Å². The van der Waals surface area contributed by atoms with Gasteiger partial charge in [0.25, 0.3) is 0 Å². The number of aliphatic carboxylic acids is 1. The van der Waals surface area contributed by atoms with E-state index < -0.39 is 18.5 Å². The first-order chi connectivity index (χ1) is 7.11. The van der Waals surface area contributed by atoms with E-state index in [-0.39, 0.29) is 6.42 Å². The Hall–Kier alpha value is -1.88. The summed E-state index contributed by atoms with van der Waals surface area (Å²) in [5.74, 6) is -1.40. The smallest absolute Gasteiger partial charge is 0.307 e. The topological polar surface area (TPSA) is 86.6 Å². The van der Waals surface area contributed by atoms with E-state index in [9.17, 15) is 9.59 Å². The van der Waals surface area contributed by atoms with Crippen molar-refractivity contribution in [1.29, 1.82) is 0 Å². The van der Waals surface area contributed by atoms with E-state index in [1.807, 2.05) is 0 Å². The molecule has 0 aliphatic rings. The number of aliphatic hydroxyl groups excluding tert-OH is 1. The Kier molecular flexibility index (Phi) is 3.82. The quantitative estimate of drug-likeness (QED) is 0.663. The maximum Gasteiger partial charge on any atom is 0.307 e. The molecule has 0 radical (unpaired) electrons. The van der Waals surface area contributed by atoms with Crippen LogP contribution in [0.25, 0.3) is 0 Å². The monoisotopic (exact) mass is 209 g/mol. The summed E-state index contributed by atoms with van der Waals surface area (Å²) < 4.78 is 0. The summed E-state index contributed by atoms with van der Waals surface area (Å²) in [5.41, 5.74) is 1.19. The van der Waals surface area contributed by atoms with Crippen molar-refractivity contribution in [1.82, 2.24) is 0 Å². The second-order valence-corrected chi connectivity index (χ2v) is 2.97. The van der Waals surface area contributed by atoms with Crippen LogP contribution in [0.15, 0.2) is 24.3 Å². The lowest BCUT2D eigenvalue weighted by atomic mass is 10.1. The normalized spacial score (nSPS) is 9.67. The molecule has 0 heterocycles. The molecule has 0 aliphatic heterocycles.